The summed E-state index contributed by atoms with van der Waals surface area (Å²) in [6, 6.07) is -0.282. The number of amides is 1. The molecule has 1 heterocycles. The van der Waals surface area contributed by atoms with Gasteiger partial charge in [0.25, 0.3) is 0 Å². The molecule has 0 bridgehead atoms. The molecule has 1 rings (SSSR count). The van der Waals surface area contributed by atoms with Crippen molar-refractivity contribution in [2.75, 3.05) is 33.7 Å². The second-order valence-electron chi connectivity index (χ2n) is 6.11. The highest BCUT2D eigenvalue weighted by Gasteiger charge is 2.25. The number of piperidine rings is 1. The first-order valence-corrected chi connectivity index (χ1v) is 7.73. The number of rotatable bonds is 7. The maximum absolute atomic E-state index is 12.1. The molecule has 19 heavy (non-hydrogen) atoms. The van der Waals surface area contributed by atoms with Crippen molar-refractivity contribution in [2.45, 2.75) is 51.5 Å². The van der Waals surface area contributed by atoms with Gasteiger partial charge in [-0.1, -0.05) is 13.3 Å². The van der Waals surface area contributed by atoms with Gasteiger partial charge < -0.3 is 15.5 Å². The van der Waals surface area contributed by atoms with Gasteiger partial charge in [-0.05, 0) is 58.7 Å². The van der Waals surface area contributed by atoms with Crippen LogP contribution in [0, 0.1) is 5.92 Å². The third-order valence-electron chi connectivity index (χ3n) is 4.06. The second kappa shape index (κ2) is 8.54. The molecule has 1 aliphatic rings. The van der Waals surface area contributed by atoms with E-state index in [9.17, 15) is 4.79 Å². The molecule has 112 valence electrons. The molecular weight excluding hydrogens is 238 g/mol. The van der Waals surface area contributed by atoms with Crippen LogP contribution in [0.25, 0.3) is 0 Å². The summed E-state index contributed by atoms with van der Waals surface area (Å²) in [5.74, 6) is 0.958. The van der Waals surface area contributed by atoms with Crippen LogP contribution in [0.1, 0.15) is 45.4 Å². The van der Waals surface area contributed by atoms with Gasteiger partial charge in [-0.2, -0.15) is 0 Å². The molecule has 1 aliphatic heterocycles. The van der Waals surface area contributed by atoms with E-state index in [0.29, 0.717) is 0 Å². The summed E-state index contributed by atoms with van der Waals surface area (Å²) in [5.41, 5.74) is 5.91. The van der Waals surface area contributed by atoms with Crippen molar-refractivity contribution in [1.82, 2.24) is 9.80 Å². The van der Waals surface area contributed by atoms with Gasteiger partial charge in [0.2, 0.25) is 5.91 Å². The minimum atomic E-state index is -0.282. The van der Waals surface area contributed by atoms with Gasteiger partial charge in [0, 0.05) is 13.1 Å². The number of carbonyl (C=O) groups is 1. The first-order chi connectivity index (χ1) is 9.04. The Hall–Kier alpha value is -0.610. The Labute approximate surface area is 118 Å². The minimum absolute atomic E-state index is 0.161. The highest BCUT2D eigenvalue weighted by Crippen LogP contribution is 2.22. The van der Waals surface area contributed by atoms with Crippen LogP contribution in [0.15, 0.2) is 0 Å². The van der Waals surface area contributed by atoms with Gasteiger partial charge >= 0.3 is 0 Å². The molecule has 0 saturated carbocycles. The van der Waals surface area contributed by atoms with Gasteiger partial charge in [0.05, 0.1) is 6.04 Å². The molecule has 1 amide bonds. The first kappa shape index (κ1) is 16.4. The van der Waals surface area contributed by atoms with E-state index in [4.69, 9.17) is 5.73 Å². The maximum Gasteiger partial charge on any atom is 0.239 e. The standard InChI is InChI=1S/C15H31N3O/c1-4-6-14(16)15(19)18-11-8-13(9-12-18)7-5-10-17(2)3/h13-14H,4-12,16H2,1-3H3. The lowest BCUT2D eigenvalue weighted by molar-refractivity contribution is -0.134. The van der Waals surface area contributed by atoms with E-state index >= 15 is 0 Å². The van der Waals surface area contributed by atoms with Crippen LogP contribution in [-0.4, -0.2) is 55.5 Å². The minimum Gasteiger partial charge on any atom is -0.341 e. The predicted octanol–water partition coefficient (Wildman–Crippen LogP) is 1.69. The van der Waals surface area contributed by atoms with Crippen molar-refractivity contribution in [2.24, 2.45) is 11.7 Å². The molecule has 2 N–H and O–H groups in total. The van der Waals surface area contributed by atoms with Crippen molar-refractivity contribution in [1.29, 1.82) is 0 Å². The van der Waals surface area contributed by atoms with Crippen LogP contribution in [-0.2, 0) is 4.79 Å². The van der Waals surface area contributed by atoms with E-state index in [1.807, 2.05) is 4.90 Å². The Bertz CT molecular complexity index is 260. The Morgan fingerprint density at radius 1 is 1.37 bits per heavy atom. The van der Waals surface area contributed by atoms with Crippen molar-refractivity contribution < 1.29 is 4.79 Å². The Morgan fingerprint density at radius 2 is 2.00 bits per heavy atom. The Kier molecular flexibility index (Phi) is 7.39. The molecule has 0 aromatic rings. The Balaban J connectivity index is 2.23. The van der Waals surface area contributed by atoms with Crippen molar-refractivity contribution in [3.05, 3.63) is 0 Å². The van der Waals surface area contributed by atoms with Crippen LogP contribution in [0.5, 0.6) is 0 Å². The van der Waals surface area contributed by atoms with Gasteiger partial charge in [-0.3, -0.25) is 4.79 Å². The summed E-state index contributed by atoms with van der Waals surface area (Å²) in [6.45, 7) is 5.05. The average Bonchev–Trinajstić information content (AvgIpc) is 2.38. The molecule has 1 atom stereocenters. The zero-order valence-electron chi connectivity index (χ0n) is 12.9. The van der Waals surface area contributed by atoms with Crippen LogP contribution < -0.4 is 5.73 Å². The lowest BCUT2D eigenvalue weighted by Gasteiger charge is -2.33. The van der Waals surface area contributed by atoms with Crippen molar-refractivity contribution in [3.63, 3.8) is 0 Å². The summed E-state index contributed by atoms with van der Waals surface area (Å²) in [6.07, 6.45) is 6.65. The fourth-order valence-electron chi connectivity index (χ4n) is 2.81. The van der Waals surface area contributed by atoms with E-state index in [1.165, 1.54) is 19.4 Å². The molecular formula is C15H31N3O. The fraction of sp³-hybridized carbons (Fsp3) is 0.933. The molecule has 1 unspecified atom stereocenters. The molecule has 4 nitrogen and oxygen atoms in total. The number of nitrogens with zero attached hydrogens (tertiary/aromatic N) is 2. The lowest BCUT2D eigenvalue weighted by Crippen LogP contribution is -2.47. The zero-order valence-corrected chi connectivity index (χ0v) is 12.9. The van der Waals surface area contributed by atoms with Gasteiger partial charge in [-0.25, -0.2) is 0 Å². The number of carbonyl (C=O) groups excluding carboxylic acids is 1. The number of likely N-dealkylation sites (tertiary alicyclic amines) is 1. The van der Waals surface area contributed by atoms with Crippen molar-refractivity contribution >= 4 is 5.91 Å². The van der Waals surface area contributed by atoms with E-state index in [0.717, 1.165) is 44.7 Å². The third-order valence-corrected chi connectivity index (χ3v) is 4.06. The molecule has 0 spiro atoms. The summed E-state index contributed by atoms with van der Waals surface area (Å²) >= 11 is 0. The highest BCUT2D eigenvalue weighted by molar-refractivity contribution is 5.81. The molecule has 1 saturated heterocycles. The first-order valence-electron chi connectivity index (χ1n) is 7.73. The molecule has 4 heteroatoms. The molecule has 0 radical (unpaired) electrons. The topological polar surface area (TPSA) is 49.6 Å². The number of nitrogens with two attached hydrogens (primary N) is 1. The normalized spacial score (nSPS) is 18.9. The van der Waals surface area contributed by atoms with Gasteiger partial charge in [0.15, 0.2) is 0 Å². The highest BCUT2D eigenvalue weighted by atomic mass is 16.2. The van der Waals surface area contributed by atoms with Crippen LogP contribution in [0.3, 0.4) is 0 Å². The summed E-state index contributed by atoms with van der Waals surface area (Å²) in [4.78, 5) is 16.3. The predicted molar refractivity (Wildman–Crippen MR) is 80.0 cm³/mol. The fourth-order valence-corrected chi connectivity index (χ4v) is 2.81. The maximum atomic E-state index is 12.1. The van der Waals surface area contributed by atoms with E-state index in [-0.39, 0.29) is 11.9 Å². The van der Waals surface area contributed by atoms with Gasteiger partial charge in [0.1, 0.15) is 0 Å². The van der Waals surface area contributed by atoms with Crippen LogP contribution in [0.2, 0.25) is 0 Å². The van der Waals surface area contributed by atoms with E-state index in [2.05, 4.69) is 25.9 Å². The Morgan fingerprint density at radius 3 is 2.53 bits per heavy atom. The smallest absolute Gasteiger partial charge is 0.239 e. The molecule has 0 aromatic carbocycles. The van der Waals surface area contributed by atoms with E-state index in [1.54, 1.807) is 0 Å². The molecule has 1 fully saturated rings. The monoisotopic (exact) mass is 269 g/mol. The lowest BCUT2D eigenvalue weighted by atomic mass is 9.91. The number of hydrogen-bond donors (Lipinski definition) is 1. The summed E-state index contributed by atoms with van der Waals surface area (Å²) in [5, 5.41) is 0. The average molecular weight is 269 g/mol. The van der Waals surface area contributed by atoms with Crippen molar-refractivity contribution in [3.8, 4) is 0 Å². The quantitative estimate of drug-likeness (QED) is 0.765. The zero-order chi connectivity index (χ0) is 14.3. The number of hydrogen-bond acceptors (Lipinski definition) is 3. The molecule has 0 aliphatic carbocycles. The van der Waals surface area contributed by atoms with E-state index < -0.39 is 0 Å². The summed E-state index contributed by atoms with van der Waals surface area (Å²) < 4.78 is 0. The van der Waals surface area contributed by atoms with Crippen LogP contribution in [0.4, 0.5) is 0 Å². The van der Waals surface area contributed by atoms with Crippen LogP contribution >= 0.6 is 0 Å². The third kappa shape index (κ3) is 5.91. The second-order valence-corrected chi connectivity index (χ2v) is 6.11. The van der Waals surface area contributed by atoms with Gasteiger partial charge in [-0.15, -0.1) is 0 Å². The SMILES string of the molecule is CCCC(N)C(=O)N1CCC(CCCN(C)C)CC1. The summed E-state index contributed by atoms with van der Waals surface area (Å²) in [7, 11) is 4.24. The molecule has 0 aromatic heterocycles. The largest absolute Gasteiger partial charge is 0.341 e.